The van der Waals surface area contributed by atoms with E-state index in [1.54, 1.807) is 13.8 Å². The Balaban J connectivity index is 2.85. The molecule has 1 aromatic rings. The number of nitro groups is 1. The zero-order valence-corrected chi connectivity index (χ0v) is 11.4. The molecule has 6 nitrogen and oxygen atoms in total. The Hall–Kier alpha value is -1.53. The van der Waals surface area contributed by atoms with Crippen LogP contribution < -0.4 is 5.48 Å². The number of nitrogens with zero attached hydrogens (tertiary/aromatic N) is 2. The van der Waals surface area contributed by atoms with Gasteiger partial charge in [0.25, 0.3) is 5.69 Å². The molecule has 0 fully saturated rings. The number of aromatic nitrogens is 1. The molecule has 1 N–H and O–H groups in total. The predicted octanol–water partition coefficient (Wildman–Crippen LogP) is 2.43. The van der Waals surface area contributed by atoms with Gasteiger partial charge in [-0.3, -0.25) is 19.9 Å². The first kappa shape index (κ1) is 14.5. The van der Waals surface area contributed by atoms with Gasteiger partial charge in [-0.15, -0.1) is 0 Å². The Labute approximate surface area is 106 Å². The van der Waals surface area contributed by atoms with Gasteiger partial charge in [-0.05, 0) is 34.6 Å². The third-order valence-electron chi connectivity index (χ3n) is 2.38. The van der Waals surface area contributed by atoms with E-state index in [1.165, 1.54) is 6.20 Å². The van der Waals surface area contributed by atoms with Crippen molar-refractivity contribution in [2.75, 3.05) is 0 Å². The molecule has 0 bridgehead atoms. The molecule has 0 aliphatic heterocycles. The minimum Gasteiger partial charge on any atom is -0.296 e. The van der Waals surface area contributed by atoms with Crippen molar-refractivity contribution >= 4 is 5.69 Å². The molecular formula is C12H19N3O3. The quantitative estimate of drug-likeness (QED) is 0.658. The number of pyridine rings is 1. The van der Waals surface area contributed by atoms with Crippen LogP contribution in [0.5, 0.6) is 0 Å². The number of hydrogen-bond donors (Lipinski definition) is 1. The molecule has 0 saturated carbocycles. The van der Waals surface area contributed by atoms with Gasteiger partial charge in [0, 0.05) is 17.3 Å². The lowest BCUT2D eigenvalue weighted by atomic mass is 10.1. The highest BCUT2D eigenvalue weighted by atomic mass is 16.7. The number of hydroxylamine groups is 1. The van der Waals surface area contributed by atoms with Crippen molar-refractivity contribution in [2.24, 2.45) is 0 Å². The summed E-state index contributed by atoms with van der Waals surface area (Å²) >= 11 is 0. The first-order chi connectivity index (χ1) is 8.22. The molecule has 0 aromatic carbocycles. The summed E-state index contributed by atoms with van der Waals surface area (Å²) in [6.45, 7) is 9.46. The van der Waals surface area contributed by atoms with Crippen LogP contribution in [-0.4, -0.2) is 15.5 Å². The third-order valence-corrected chi connectivity index (χ3v) is 2.38. The fraction of sp³-hybridized carbons (Fsp3) is 0.583. The largest absolute Gasteiger partial charge is 0.296 e. The summed E-state index contributed by atoms with van der Waals surface area (Å²) in [5.41, 5.74) is 4.35. The maximum Gasteiger partial charge on any atom is 0.278 e. The summed E-state index contributed by atoms with van der Waals surface area (Å²) in [7, 11) is 0. The SMILES string of the molecule is Cc1cnc(CNOC(C)(C)C)c(C)c1[N+](=O)[O-]. The van der Waals surface area contributed by atoms with Crippen LogP contribution in [0.4, 0.5) is 5.69 Å². The maximum absolute atomic E-state index is 11.0. The Morgan fingerprint density at radius 1 is 1.44 bits per heavy atom. The van der Waals surface area contributed by atoms with Gasteiger partial charge in [-0.1, -0.05) is 0 Å². The molecule has 1 aromatic heterocycles. The van der Waals surface area contributed by atoms with E-state index in [-0.39, 0.29) is 16.2 Å². The summed E-state index contributed by atoms with van der Waals surface area (Å²) in [6, 6.07) is 0. The van der Waals surface area contributed by atoms with Crippen molar-refractivity contribution in [3.05, 3.63) is 33.1 Å². The molecular weight excluding hydrogens is 234 g/mol. The Kier molecular flexibility index (Phi) is 4.37. The molecule has 1 heterocycles. The number of hydrogen-bond acceptors (Lipinski definition) is 5. The highest BCUT2D eigenvalue weighted by Crippen LogP contribution is 2.23. The topological polar surface area (TPSA) is 77.3 Å². The smallest absolute Gasteiger partial charge is 0.278 e. The van der Waals surface area contributed by atoms with Gasteiger partial charge in [-0.25, -0.2) is 0 Å². The molecule has 0 spiro atoms. The van der Waals surface area contributed by atoms with Gasteiger partial charge in [0.05, 0.1) is 22.8 Å². The van der Waals surface area contributed by atoms with Gasteiger partial charge in [0.15, 0.2) is 0 Å². The van der Waals surface area contributed by atoms with E-state index in [0.29, 0.717) is 23.4 Å². The van der Waals surface area contributed by atoms with E-state index in [2.05, 4.69) is 10.5 Å². The van der Waals surface area contributed by atoms with Crippen molar-refractivity contribution in [3.8, 4) is 0 Å². The summed E-state index contributed by atoms with van der Waals surface area (Å²) < 4.78 is 0. The second kappa shape index (κ2) is 5.41. The molecule has 1 rings (SSSR count). The zero-order valence-electron chi connectivity index (χ0n) is 11.4. The lowest BCUT2D eigenvalue weighted by Gasteiger charge is -2.19. The molecule has 0 unspecified atom stereocenters. The van der Waals surface area contributed by atoms with Crippen LogP contribution in [0.25, 0.3) is 0 Å². The van der Waals surface area contributed by atoms with E-state index in [9.17, 15) is 10.1 Å². The van der Waals surface area contributed by atoms with Crippen LogP contribution in [0.1, 0.15) is 37.6 Å². The van der Waals surface area contributed by atoms with Crippen LogP contribution in [0.15, 0.2) is 6.20 Å². The molecule has 0 aliphatic carbocycles. The molecule has 0 saturated heterocycles. The minimum absolute atomic E-state index is 0.123. The molecule has 0 aliphatic rings. The normalized spacial score (nSPS) is 11.6. The lowest BCUT2D eigenvalue weighted by molar-refractivity contribution is -0.386. The average molecular weight is 253 g/mol. The standard InChI is InChI=1S/C12H19N3O3/c1-8-6-13-10(7-14-18-12(3,4)5)9(2)11(8)15(16)17/h6,14H,7H2,1-5H3. The van der Waals surface area contributed by atoms with Crippen LogP contribution in [-0.2, 0) is 11.4 Å². The molecule has 0 amide bonds. The Morgan fingerprint density at radius 3 is 2.56 bits per heavy atom. The number of rotatable bonds is 4. The van der Waals surface area contributed by atoms with Gasteiger partial charge >= 0.3 is 0 Å². The van der Waals surface area contributed by atoms with Gasteiger partial charge in [0.2, 0.25) is 0 Å². The van der Waals surface area contributed by atoms with Crippen molar-refractivity contribution in [2.45, 2.75) is 46.8 Å². The fourth-order valence-corrected chi connectivity index (χ4v) is 1.55. The van der Waals surface area contributed by atoms with Crippen molar-refractivity contribution < 1.29 is 9.76 Å². The van der Waals surface area contributed by atoms with Crippen molar-refractivity contribution in [3.63, 3.8) is 0 Å². The third kappa shape index (κ3) is 3.75. The summed E-state index contributed by atoms with van der Waals surface area (Å²) in [4.78, 5) is 20.1. The van der Waals surface area contributed by atoms with Gasteiger partial charge < -0.3 is 0 Å². The zero-order chi connectivity index (χ0) is 13.9. The van der Waals surface area contributed by atoms with E-state index in [1.807, 2.05) is 20.8 Å². The highest BCUT2D eigenvalue weighted by molar-refractivity contribution is 5.47. The second-order valence-corrected chi connectivity index (χ2v) is 5.15. The second-order valence-electron chi connectivity index (χ2n) is 5.15. The van der Waals surface area contributed by atoms with E-state index in [0.717, 1.165) is 0 Å². The summed E-state index contributed by atoms with van der Waals surface area (Å²) in [5.74, 6) is 0. The number of nitrogens with one attached hydrogen (secondary N) is 1. The van der Waals surface area contributed by atoms with Crippen molar-refractivity contribution in [1.29, 1.82) is 0 Å². The van der Waals surface area contributed by atoms with Crippen molar-refractivity contribution in [1.82, 2.24) is 10.5 Å². The summed E-state index contributed by atoms with van der Waals surface area (Å²) in [6.07, 6.45) is 1.51. The first-order valence-corrected chi connectivity index (χ1v) is 5.72. The maximum atomic E-state index is 11.0. The minimum atomic E-state index is -0.375. The van der Waals surface area contributed by atoms with Crippen LogP contribution in [0.3, 0.4) is 0 Å². The summed E-state index contributed by atoms with van der Waals surface area (Å²) in [5, 5.41) is 11.0. The van der Waals surface area contributed by atoms with E-state index < -0.39 is 0 Å². The monoisotopic (exact) mass is 253 g/mol. The Morgan fingerprint density at radius 2 is 2.06 bits per heavy atom. The van der Waals surface area contributed by atoms with Crippen LogP contribution in [0.2, 0.25) is 0 Å². The van der Waals surface area contributed by atoms with Gasteiger partial charge in [0.1, 0.15) is 0 Å². The van der Waals surface area contributed by atoms with Crippen LogP contribution >= 0.6 is 0 Å². The predicted molar refractivity (Wildman–Crippen MR) is 68.0 cm³/mol. The first-order valence-electron chi connectivity index (χ1n) is 5.72. The van der Waals surface area contributed by atoms with E-state index >= 15 is 0 Å². The molecule has 18 heavy (non-hydrogen) atoms. The molecule has 0 atom stereocenters. The van der Waals surface area contributed by atoms with E-state index in [4.69, 9.17) is 4.84 Å². The highest BCUT2D eigenvalue weighted by Gasteiger charge is 2.19. The number of aryl methyl sites for hydroxylation is 1. The molecule has 100 valence electrons. The molecule has 6 heteroatoms. The fourth-order valence-electron chi connectivity index (χ4n) is 1.55. The average Bonchev–Trinajstić information content (AvgIpc) is 2.19. The lowest BCUT2D eigenvalue weighted by Crippen LogP contribution is -2.29. The van der Waals surface area contributed by atoms with Gasteiger partial charge in [-0.2, -0.15) is 5.48 Å². The molecule has 0 radical (unpaired) electrons. The van der Waals surface area contributed by atoms with Crippen LogP contribution in [0, 0.1) is 24.0 Å². The Bertz CT molecular complexity index is 453.